The van der Waals surface area contributed by atoms with Crippen LogP contribution in [0.2, 0.25) is 0 Å². The summed E-state index contributed by atoms with van der Waals surface area (Å²) in [7, 11) is 3.44. The monoisotopic (exact) mass is 507 g/mol. The Labute approximate surface area is 218 Å². The molecule has 0 aliphatic carbocycles. The quantitative estimate of drug-likeness (QED) is 0.340. The zero-order chi connectivity index (χ0) is 26.1. The number of aromatic nitrogens is 7. The van der Waals surface area contributed by atoms with Gasteiger partial charge in [0.2, 0.25) is 11.8 Å². The molecule has 0 spiro atoms. The standard InChI is InChI=1S/C27H25N9O2/c1-34-17-20(15-31-34)19-11-23(36-21(13-28)16-30-25(36)12-19)18-3-4-24(29-14-18)35-9-7-22(8-10-35)38-27-6-5-26(37-2)32-33-27/h3-6,11-12,14-17,22H,7-10H2,1-2H3. The zero-order valence-corrected chi connectivity index (χ0v) is 21.0. The van der Waals surface area contributed by atoms with Crippen molar-refractivity contribution < 1.29 is 9.47 Å². The van der Waals surface area contributed by atoms with Crippen molar-refractivity contribution >= 4 is 11.5 Å². The van der Waals surface area contributed by atoms with Crippen LogP contribution in [0, 0.1) is 11.3 Å². The van der Waals surface area contributed by atoms with Crippen molar-refractivity contribution in [3.8, 4) is 40.2 Å². The van der Waals surface area contributed by atoms with Crippen LogP contribution in [0.1, 0.15) is 18.5 Å². The number of ether oxygens (including phenoxy) is 2. The average Bonchev–Trinajstić information content (AvgIpc) is 3.59. The van der Waals surface area contributed by atoms with Gasteiger partial charge in [-0.25, -0.2) is 9.97 Å². The van der Waals surface area contributed by atoms with Crippen molar-refractivity contribution in [2.45, 2.75) is 18.9 Å². The van der Waals surface area contributed by atoms with Gasteiger partial charge < -0.3 is 14.4 Å². The summed E-state index contributed by atoms with van der Waals surface area (Å²) < 4.78 is 14.7. The molecule has 11 nitrogen and oxygen atoms in total. The fourth-order valence-electron chi connectivity index (χ4n) is 4.72. The molecule has 5 aromatic rings. The van der Waals surface area contributed by atoms with Crippen LogP contribution in [0.5, 0.6) is 11.8 Å². The van der Waals surface area contributed by atoms with Gasteiger partial charge in [-0.1, -0.05) is 0 Å². The molecule has 0 atom stereocenters. The molecule has 38 heavy (non-hydrogen) atoms. The lowest BCUT2D eigenvalue weighted by Gasteiger charge is -2.32. The normalized spacial score (nSPS) is 14.0. The Morgan fingerprint density at radius 1 is 0.921 bits per heavy atom. The van der Waals surface area contributed by atoms with Crippen molar-refractivity contribution in [3.63, 3.8) is 0 Å². The van der Waals surface area contributed by atoms with Gasteiger partial charge in [0, 0.05) is 68.6 Å². The van der Waals surface area contributed by atoms with Crippen LogP contribution in [-0.2, 0) is 7.05 Å². The number of methoxy groups -OCH3 is 1. The van der Waals surface area contributed by atoms with Crippen LogP contribution in [0.4, 0.5) is 5.82 Å². The van der Waals surface area contributed by atoms with E-state index in [2.05, 4.69) is 31.2 Å². The average molecular weight is 508 g/mol. The maximum absolute atomic E-state index is 9.67. The summed E-state index contributed by atoms with van der Waals surface area (Å²) >= 11 is 0. The van der Waals surface area contributed by atoms with E-state index in [-0.39, 0.29) is 6.10 Å². The first-order valence-corrected chi connectivity index (χ1v) is 12.3. The number of imidazole rings is 1. The highest BCUT2D eigenvalue weighted by atomic mass is 16.5. The molecule has 11 heteroatoms. The van der Waals surface area contributed by atoms with Crippen molar-refractivity contribution in [1.82, 2.24) is 34.3 Å². The van der Waals surface area contributed by atoms with Crippen LogP contribution in [0.3, 0.4) is 0 Å². The first-order chi connectivity index (χ1) is 18.6. The molecule has 0 unspecified atom stereocenters. The van der Waals surface area contributed by atoms with E-state index in [4.69, 9.17) is 14.5 Å². The smallest absolute Gasteiger partial charge is 0.233 e. The molecule has 6 rings (SSSR count). The predicted molar refractivity (Wildman–Crippen MR) is 140 cm³/mol. The number of hydrogen-bond donors (Lipinski definition) is 0. The lowest BCUT2D eigenvalue weighted by Crippen LogP contribution is -2.38. The second-order valence-electron chi connectivity index (χ2n) is 9.10. The second kappa shape index (κ2) is 9.82. The molecule has 190 valence electrons. The minimum Gasteiger partial charge on any atom is -0.480 e. The SMILES string of the molecule is COc1ccc(OC2CCN(c3ccc(-c4cc(-c5cnn(C)c5)cc5ncc(C#N)n45)cn3)CC2)nn1. The molecule has 0 aromatic carbocycles. The third kappa shape index (κ3) is 4.48. The summed E-state index contributed by atoms with van der Waals surface area (Å²) in [4.78, 5) is 11.5. The van der Waals surface area contributed by atoms with Crippen LogP contribution < -0.4 is 14.4 Å². The minimum absolute atomic E-state index is 0.0716. The largest absolute Gasteiger partial charge is 0.480 e. The summed E-state index contributed by atoms with van der Waals surface area (Å²) in [5.74, 6) is 1.87. The van der Waals surface area contributed by atoms with Gasteiger partial charge in [0.25, 0.3) is 0 Å². The number of rotatable bonds is 6. The molecule has 0 radical (unpaired) electrons. The van der Waals surface area contributed by atoms with Crippen LogP contribution >= 0.6 is 0 Å². The van der Waals surface area contributed by atoms with Gasteiger partial charge in [-0.2, -0.15) is 10.4 Å². The number of aryl methyl sites for hydroxylation is 1. The Bertz CT molecular complexity index is 1610. The molecule has 5 aromatic heterocycles. The van der Waals surface area contributed by atoms with Crippen molar-refractivity contribution in [2.24, 2.45) is 7.05 Å². The fraction of sp³-hybridized carbons (Fsp3) is 0.259. The first-order valence-electron chi connectivity index (χ1n) is 12.3. The van der Waals surface area contributed by atoms with Gasteiger partial charge >= 0.3 is 0 Å². The maximum Gasteiger partial charge on any atom is 0.233 e. The summed E-state index contributed by atoms with van der Waals surface area (Å²) in [5.41, 5.74) is 4.87. The molecule has 0 amide bonds. The Hall–Kier alpha value is -4.98. The minimum atomic E-state index is 0.0716. The van der Waals surface area contributed by atoms with Crippen LogP contribution in [-0.4, -0.2) is 60.6 Å². The van der Waals surface area contributed by atoms with Gasteiger partial charge in [-0.05, 0) is 29.8 Å². The topological polar surface area (TPSA) is 119 Å². The van der Waals surface area contributed by atoms with Gasteiger partial charge in [0.05, 0.1) is 25.2 Å². The number of fused-ring (bicyclic) bond motifs is 1. The molecule has 1 fully saturated rings. The van der Waals surface area contributed by atoms with E-state index >= 15 is 0 Å². The Morgan fingerprint density at radius 2 is 1.74 bits per heavy atom. The van der Waals surface area contributed by atoms with Crippen LogP contribution in [0.25, 0.3) is 28.0 Å². The number of nitriles is 1. The third-order valence-electron chi connectivity index (χ3n) is 6.68. The maximum atomic E-state index is 9.67. The van der Waals surface area contributed by atoms with E-state index in [1.165, 1.54) is 0 Å². The van der Waals surface area contributed by atoms with Gasteiger partial charge in [-0.3, -0.25) is 9.08 Å². The highest BCUT2D eigenvalue weighted by Crippen LogP contribution is 2.30. The van der Waals surface area contributed by atoms with E-state index < -0.39 is 0 Å². The van der Waals surface area contributed by atoms with E-state index in [0.717, 1.165) is 54.1 Å². The Balaban J connectivity index is 1.21. The van der Waals surface area contributed by atoms with Gasteiger partial charge in [0.1, 0.15) is 29.3 Å². The summed E-state index contributed by atoms with van der Waals surface area (Å²) in [6, 6.07) is 13.8. The molecule has 0 saturated carbocycles. The lowest BCUT2D eigenvalue weighted by atomic mass is 10.1. The van der Waals surface area contributed by atoms with Crippen molar-refractivity contribution in [1.29, 1.82) is 5.26 Å². The highest BCUT2D eigenvalue weighted by molar-refractivity contribution is 5.75. The molecular formula is C27H25N9O2. The number of anilines is 1. The second-order valence-corrected chi connectivity index (χ2v) is 9.10. The van der Waals surface area contributed by atoms with Gasteiger partial charge in [0.15, 0.2) is 0 Å². The first kappa shape index (κ1) is 23.4. The third-order valence-corrected chi connectivity index (χ3v) is 6.68. The van der Waals surface area contributed by atoms with E-state index in [1.54, 1.807) is 30.1 Å². The van der Waals surface area contributed by atoms with Crippen LogP contribution in [0.15, 0.2) is 61.2 Å². The fourth-order valence-corrected chi connectivity index (χ4v) is 4.72. The molecule has 1 aliphatic heterocycles. The number of piperidine rings is 1. The highest BCUT2D eigenvalue weighted by Gasteiger charge is 2.22. The molecule has 1 saturated heterocycles. The molecular weight excluding hydrogens is 482 g/mol. The Morgan fingerprint density at radius 3 is 2.39 bits per heavy atom. The molecule has 6 heterocycles. The Kier molecular flexibility index (Phi) is 6.05. The summed E-state index contributed by atoms with van der Waals surface area (Å²) in [6.45, 7) is 1.64. The van der Waals surface area contributed by atoms with E-state index in [9.17, 15) is 5.26 Å². The lowest BCUT2D eigenvalue weighted by molar-refractivity contribution is 0.161. The van der Waals surface area contributed by atoms with Crippen molar-refractivity contribution in [3.05, 3.63) is 66.9 Å². The van der Waals surface area contributed by atoms with E-state index in [0.29, 0.717) is 23.1 Å². The molecule has 0 N–H and O–H groups in total. The summed E-state index contributed by atoms with van der Waals surface area (Å²) in [5, 5.41) is 22.0. The predicted octanol–water partition coefficient (Wildman–Crippen LogP) is 3.51. The molecule has 0 bridgehead atoms. The molecule has 1 aliphatic rings. The van der Waals surface area contributed by atoms with Crippen molar-refractivity contribution in [2.75, 3.05) is 25.1 Å². The zero-order valence-electron chi connectivity index (χ0n) is 21.0. The number of pyridine rings is 2. The summed E-state index contributed by atoms with van der Waals surface area (Å²) in [6.07, 6.45) is 9.00. The van der Waals surface area contributed by atoms with E-state index in [1.807, 2.05) is 54.3 Å². The number of hydrogen-bond acceptors (Lipinski definition) is 9. The van der Waals surface area contributed by atoms with Gasteiger partial charge in [-0.15, -0.1) is 10.2 Å². The number of nitrogens with zero attached hydrogens (tertiary/aromatic N) is 9.